The maximum absolute atomic E-state index is 10.7. The summed E-state index contributed by atoms with van der Waals surface area (Å²) in [6.45, 7) is 1.59. The monoisotopic (exact) mass is 326 g/mol. The third-order valence-corrected chi connectivity index (χ3v) is 5.58. The van der Waals surface area contributed by atoms with E-state index in [0.29, 0.717) is 0 Å². The molecule has 0 radical (unpaired) electrons. The minimum Gasteiger partial charge on any atom is -0.480 e. The van der Waals surface area contributed by atoms with Crippen LogP contribution in [0.5, 0.6) is 0 Å². The quantitative estimate of drug-likeness (QED) is 0.859. The SMILES string of the molecule is CO[C@@]12CC[C@H](OCC(=O)O)C[C@@H]1N(Cc1cscn1)CC2. The summed E-state index contributed by atoms with van der Waals surface area (Å²) in [7, 11) is 1.79. The zero-order valence-electron chi connectivity index (χ0n) is 12.7. The van der Waals surface area contributed by atoms with Gasteiger partial charge in [-0.25, -0.2) is 9.78 Å². The summed E-state index contributed by atoms with van der Waals surface area (Å²) < 4.78 is 11.4. The summed E-state index contributed by atoms with van der Waals surface area (Å²) in [5, 5.41) is 10.9. The van der Waals surface area contributed by atoms with Gasteiger partial charge >= 0.3 is 5.97 Å². The average molecular weight is 326 g/mol. The Hall–Kier alpha value is -1.02. The maximum atomic E-state index is 10.7. The summed E-state index contributed by atoms with van der Waals surface area (Å²) in [5.41, 5.74) is 2.83. The van der Waals surface area contributed by atoms with Crippen molar-refractivity contribution < 1.29 is 19.4 Å². The van der Waals surface area contributed by atoms with Gasteiger partial charge in [0.2, 0.25) is 0 Å². The molecule has 0 bridgehead atoms. The third-order valence-electron chi connectivity index (χ3n) is 4.94. The number of ether oxygens (including phenoxy) is 2. The van der Waals surface area contributed by atoms with E-state index in [0.717, 1.165) is 44.5 Å². The van der Waals surface area contributed by atoms with Gasteiger partial charge in [0, 0.05) is 31.6 Å². The maximum Gasteiger partial charge on any atom is 0.329 e. The molecule has 1 aromatic heterocycles. The summed E-state index contributed by atoms with van der Waals surface area (Å²) >= 11 is 1.61. The molecule has 122 valence electrons. The number of methoxy groups -OCH3 is 1. The molecule has 22 heavy (non-hydrogen) atoms. The van der Waals surface area contributed by atoms with Gasteiger partial charge in [-0.2, -0.15) is 0 Å². The lowest BCUT2D eigenvalue weighted by Gasteiger charge is -2.43. The number of aliphatic carboxylic acids is 1. The standard InChI is InChI=1S/C15H22N2O4S/c1-20-15-3-2-12(21-8-14(18)19)6-13(15)17(5-4-15)7-11-9-22-10-16-11/h9-10,12-13H,2-8H2,1H3,(H,18,19)/t12-,13-,15+/m0/s1. The van der Waals surface area contributed by atoms with E-state index < -0.39 is 5.97 Å². The molecule has 2 aliphatic rings. The topological polar surface area (TPSA) is 71.9 Å². The lowest BCUT2D eigenvalue weighted by molar-refractivity contribution is -0.148. The van der Waals surface area contributed by atoms with E-state index in [-0.39, 0.29) is 24.4 Å². The van der Waals surface area contributed by atoms with Crippen LogP contribution in [-0.4, -0.2) is 59.0 Å². The number of fused-ring (bicyclic) bond motifs is 1. The summed E-state index contributed by atoms with van der Waals surface area (Å²) in [5.74, 6) is -0.908. The highest BCUT2D eigenvalue weighted by Gasteiger charge is 2.51. The van der Waals surface area contributed by atoms with Crippen LogP contribution in [0.25, 0.3) is 0 Å². The smallest absolute Gasteiger partial charge is 0.329 e. The van der Waals surface area contributed by atoms with Gasteiger partial charge in [-0.05, 0) is 25.7 Å². The van der Waals surface area contributed by atoms with Crippen LogP contribution in [-0.2, 0) is 20.8 Å². The van der Waals surface area contributed by atoms with Crippen LogP contribution in [0.2, 0.25) is 0 Å². The van der Waals surface area contributed by atoms with Crippen LogP contribution in [0.4, 0.5) is 0 Å². The molecule has 1 aliphatic carbocycles. The van der Waals surface area contributed by atoms with Gasteiger partial charge in [0.1, 0.15) is 6.61 Å². The number of rotatable bonds is 6. The first kappa shape index (κ1) is 15.9. The largest absolute Gasteiger partial charge is 0.480 e. The number of carboxylic acid groups (broad SMARTS) is 1. The minimum absolute atomic E-state index is 0.000379. The molecule has 3 rings (SSSR count). The van der Waals surface area contributed by atoms with E-state index >= 15 is 0 Å². The number of aromatic nitrogens is 1. The van der Waals surface area contributed by atoms with Crippen molar-refractivity contribution in [1.82, 2.24) is 9.88 Å². The fourth-order valence-electron chi connectivity index (χ4n) is 3.81. The number of hydrogen-bond acceptors (Lipinski definition) is 6. The van der Waals surface area contributed by atoms with Gasteiger partial charge in [0.15, 0.2) is 0 Å². The van der Waals surface area contributed by atoms with Gasteiger partial charge in [-0.3, -0.25) is 4.90 Å². The van der Waals surface area contributed by atoms with Gasteiger partial charge in [-0.15, -0.1) is 11.3 Å². The average Bonchev–Trinajstić information content (AvgIpc) is 3.14. The molecule has 6 nitrogen and oxygen atoms in total. The number of carboxylic acids is 1. The van der Waals surface area contributed by atoms with Gasteiger partial charge < -0.3 is 14.6 Å². The van der Waals surface area contributed by atoms with Crippen molar-refractivity contribution >= 4 is 17.3 Å². The minimum atomic E-state index is -0.908. The van der Waals surface area contributed by atoms with Crippen molar-refractivity contribution in [3.05, 3.63) is 16.6 Å². The molecule has 1 aromatic rings. The second-order valence-electron chi connectivity index (χ2n) is 6.09. The highest BCUT2D eigenvalue weighted by atomic mass is 32.1. The Balaban J connectivity index is 1.68. The van der Waals surface area contributed by atoms with Crippen LogP contribution < -0.4 is 0 Å². The second kappa shape index (κ2) is 6.62. The van der Waals surface area contributed by atoms with Crippen molar-refractivity contribution in [2.75, 3.05) is 20.3 Å². The molecule has 0 aromatic carbocycles. The normalized spacial score (nSPS) is 32.0. The Kier molecular flexibility index (Phi) is 4.77. The Labute approximate surface area is 134 Å². The Morgan fingerprint density at radius 1 is 1.59 bits per heavy atom. The number of hydrogen-bond donors (Lipinski definition) is 1. The fourth-order valence-corrected chi connectivity index (χ4v) is 4.36. The van der Waals surface area contributed by atoms with E-state index in [2.05, 4.69) is 15.3 Å². The molecule has 7 heteroatoms. The number of likely N-dealkylation sites (tertiary alicyclic amines) is 1. The third kappa shape index (κ3) is 3.17. The number of nitrogens with zero attached hydrogens (tertiary/aromatic N) is 2. The molecule has 2 fully saturated rings. The molecule has 1 aliphatic heterocycles. The summed E-state index contributed by atoms with van der Waals surface area (Å²) in [4.78, 5) is 17.5. The molecule has 2 heterocycles. The first-order valence-electron chi connectivity index (χ1n) is 7.62. The van der Waals surface area contributed by atoms with Gasteiger partial charge in [0.05, 0.1) is 22.9 Å². The van der Waals surface area contributed by atoms with Crippen LogP contribution in [0, 0.1) is 0 Å². The van der Waals surface area contributed by atoms with Gasteiger partial charge in [-0.1, -0.05) is 0 Å². The molecular formula is C15H22N2O4S. The molecule has 1 saturated carbocycles. The molecular weight excluding hydrogens is 304 g/mol. The Bertz CT molecular complexity index is 510. The van der Waals surface area contributed by atoms with Crippen molar-refractivity contribution in [3.63, 3.8) is 0 Å². The summed E-state index contributed by atoms with van der Waals surface area (Å²) in [6.07, 6.45) is 3.63. The van der Waals surface area contributed by atoms with Crippen LogP contribution in [0.15, 0.2) is 10.9 Å². The Morgan fingerprint density at radius 3 is 3.14 bits per heavy atom. The second-order valence-corrected chi connectivity index (χ2v) is 6.80. The van der Waals surface area contributed by atoms with Crippen LogP contribution >= 0.6 is 11.3 Å². The summed E-state index contributed by atoms with van der Waals surface area (Å²) in [6, 6.07) is 0.270. The molecule has 0 amide bonds. The lowest BCUT2D eigenvalue weighted by Crippen LogP contribution is -2.51. The van der Waals surface area contributed by atoms with Crippen molar-refractivity contribution in [1.29, 1.82) is 0 Å². The lowest BCUT2D eigenvalue weighted by atomic mass is 9.79. The van der Waals surface area contributed by atoms with Crippen LogP contribution in [0.1, 0.15) is 31.4 Å². The fraction of sp³-hybridized carbons (Fsp3) is 0.733. The van der Waals surface area contributed by atoms with Crippen molar-refractivity contribution in [2.24, 2.45) is 0 Å². The Morgan fingerprint density at radius 2 is 2.45 bits per heavy atom. The predicted octanol–water partition coefficient (Wildman–Crippen LogP) is 1.76. The van der Waals surface area contributed by atoms with Crippen molar-refractivity contribution in [2.45, 2.75) is 50.0 Å². The van der Waals surface area contributed by atoms with Crippen LogP contribution in [0.3, 0.4) is 0 Å². The highest BCUT2D eigenvalue weighted by molar-refractivity contribution is 7.07. The number of thiazole rings is 1. The highest BCUT2D eigenvalue weighted by Crippen LogP contribution is 2.43. The molecule has 1 N–H and O–H groups in total. The van der Waals surface area contributed by atoms with E-state index in [4.69, 9.17) is 14.6 Å². The van der Waals surface area contributed by atoms with Crippen molar-refractivity contribution in [3.8, 4) is 0 Å². The first-order chi connectivity index (χ1) is 10.6. The predicted molar refractivity (Wildman–Crippen MR) is 81.9 cm³/mol. The molecule has 1 saturated heterocycles. The molecule has 3 atom stereocenters. The van der Waals surface area contributed by atoms with E-state index in [1.165, 1.54) is 0 Å². The van der Waals surface area contributed by atoms with E-state index in [1.54, 1.807) is 18.4 Å². The van der Waals surface area contributed by atoms with Gasteiger partial charge in [0.25, 0.3) is 0 Å². The van der Waals surface area contributed by atoms with E-state index in [1.807, 2.05) is 5.51 Å². The zero-order chi connectivity index (χ0) is 15.6. The first-order valence-corrected chi connectivity index (χ1v) is 8.57. The number of carbonyl (C=O) groups is 1. The molecule has 0 unspecified atom stereocenters. The zero-order valence-corrected chi connectivity index (χ0v) is 13.6. The van der Waals surface area contributed by atoms with E-state index in [9.17, 15) is 4.79 Å². The molecule has 0 spiro atoms.